The number of aromatic hydroxyl groups is 1. The average Bonchev–Trinajstić information content (AvgIpc) is 2.47. The van der Waals surface area contributed by atoms with Gasteiger partial charge < -0.3 is 10.4 Å². The van der Waals surface area contributed by atoms with Crippen LogP contribution in [-0.4, -0.2) is 11.0 Å². The molecule has 0 aliphatic heterocycles. The second-order valence-corrected chi connectivity index (χ2v) is 6.16. The van der Waals surface area contributed by atoms with Gasteiger partial charge in [-0.1, -0.05) is 54.0 Å². The SMILES string of the molecule is CC(C)c1ccc(CNC(=O)c2cc(Br)ccc2O)cc1. The van der Waals surface area contributed by atoms with Crippen LogP contribution < -0.4 is 5.32 Å². The van der Waals surface area contributed by atoms with Gasteiger partial charge in [0.2, 0.25) is 0 Å². The van der Waals surface area contributed by atoms with Crippen LogP contribution >= 0.6 is 15.9 Å². The predicted octanol–water partition coefficient (Wildman–Crippen LogP) is 4.21. The van der Waals surface area contributed by atoms with Gasteiger partial charge in [-0.05, 0) is 35.2 Å². The standard InChI is InChI=1S/C17H18BrNO2/c1-11(2)13-5-3-12(4-6-13)10-19-17(21)15-9-14(18)7-8-16(15)20/h3-9,11,20H,10H2,1-2H3,(H,19,21). The Balaban J connectivity index is 2.02. The third kappa shape index (κ3) is 4.08. The zero-order valence-electron chi connectivity index (χ0n) is 12.1. The minimum atomic E-state index is -0.290. The van der Waals surface area contributed by atoms with E-state index < -0.39 is 0 Å². The molecule has 4 heteroatoms. The molecule has 0 aliphatic carbocycles. The molecule has 2 aromatic rings. The molecular weight excluding hydrogens is 330 g/mol. The molecule has 0 aliphatic rings. The molecule has 3 nitrogen and oxygen atoms in total. The summed E-state index contributed by atoms with van der Waals surface area (Å²) in [6, 6.07) is 13.0. The number of hydrogen-bond donors (Lipinski definition) is 2. The Morgan fingerprint density at radius 1 is 1.19 bits per heavy atom. The summed E-state index contributed by atoms with van der Waals surface area (Å²) in [6.07, 6.45) is 0. The van der Waals surface area contributed by atoms with Crippen LogP contribution in [0.5, 0.6) is 5.75 Å². The first-order valence-electron chi connectivity index (χ1n) is 6.83. The summed E-state index contributed by atoms with van der Waals surface area (Å²) in [6.45, 7) is 4.73. The second-order valence-electron chi connectivity index (χ2n) is 5.24. The number of carbonyl (C=O) groups is 1. The van der Waals surface area contributed by atoms with Gasteiger partial charge in [0.05, 0.1) is 5.56 Å². The minimum Gasteiger partial charge on any atom is -0.507 e. The van der Waals surface area contributed by atoms with Crippen molar-refractivity contribution in [2.75, 3.05) is 0 Å². The maximum atomic E-state index is 12.1. The molecule has 2 rings (SSSR count). The fraction of sp³-hybridized carbons (Fsp3) is 0.235. The Kier molecular flexibility index (Phi) is 5.02. The Hall–Kier alpha value is -1.81. The van der Waals surface area contributed by atoms with Crippen molar-refractivity contribution < 1.29 is 9.90 Å². The molecule has 2 N–H and O–H groups in total. The summed E-state index contributed by atoms with van der Waals surface area (Å²) < 4.78 is 0.756. The van der Waals surface area contributed by atoms with Gasteiger partial charge in [0.15, 0.2) is 0 Å². The molecular formula is C17H18BrNO2. The van der Waals surface area contributed by atoms with Crippen LogP contribution in [0.4, 0.5) is 0 Å². The van der Waals surface area contributed by atoms with Gasteiger partial charge in [-0.25, -0.2) is 0 Å². The van der Waals surface area contributed by atoms with Gasteiger partial charge >= 0.3 is 0 Å². The Morgan fingerprint density at radius 2 is 1.86 bits per heavy atom. The van der Waals surface area contributed by atoms with E-state index in [1.54, 1.807) is 12.1 Å². The average molecular weight is 348 g/mol. The van der Waals surface area contributed by atoms with E-state index in [0.717, 1.165) is 10.0 Å². The first-order valence-corrected chi connectivity index (χ1v) is 7.62. The number of halogens is 1. The van der Waals surface area contributed by atoms with Gasteiger partial charge in [0.25, 0.3) is 5.91 Å². The Morgan fingerprint density at radius 3 is 2.48 bits per heavy atom. The van der Waals surface area contributed by atoms with Crippen molar-refractivity contribution in [3.05, 3.63) is 63.6 Å². The van der Waals surface area contributed by atoms with Crippen molar-refractivity contribution >= 4 is 21.8 Å². The highest BCUT2D eigenvalue weighted by molar-refractivity contribution is 9.10. The smallest absolute Gasteiger partial charge is 0.255 e. The van der Waals surface area contributed by atoms with Crippen molar-refractivity contribution in [1.82, 2.24) is 5.32 Å². The van der Waals surface area contributed by atoms with E-state index in [4.69, 9.17) is 0 Å². The molecule has 0 saturated heterocycles. The zero-order chi connectivity index (χ0) is 15.4. The number of hydrogen-bond acceptors (Lipinski definition) is 2. The first-order chi connectivity index (χ1) is 9.97. The molecule has 0 fully saturated rings. The number of amides is 1. The van der Waals surface area contributed by atoms with Crippen LogP contribution in [0.2, 0.25) is 0 Å². The summed E-state index contributed by atoms with van der Waals surface area (Å²) in [4.78, 5) is 12.1. The highest BCUT2D eigenvalue weighted by atomic mass is 79.9. The lowest BCUT2D eigenvalue weighted by atomic mass is 10.0. The third-order valence-corrected chi connectivity index (χ3v) is 3.80. The van der Waals surface area contributed by atoms with Gasteiger partial charge in [0, 0.05) is 11.0 Å². The third-order valence-electron chi connectivity index (χ3n) is 3.30. The maximum absolute atomic E-state index is 12.1. The zero-order valence-corrected chi connectivity index (χ0v) is 13.6. The van der Waals surface area contributed by atoms with Crippen LogP contribution in [0.1, 0.15) is 41.3 Å². The van der Waals surface area contributed by atoms with Gasteiger partial charge in [-0.2, -0.15) is 0 Å². The van der Waals surface area contributed by atoms with Crippen LogP contribution in [-0.2, 0) is 6.54 Å². The van der Waals surface area contributed by atoms with Crippen LogP contribution in [0.25, 0.3) is 0 Å². The number of phenolic OH excluding ortho intramolecular Hbond substituents is 1. The summed E-state index contributed by atoms with van der Waals surface area (Å²) in [7, 11) is 0. The maximum Gasteiger partial charge on any atom is 0.255 e. The lowest BCUT2D eigenvalue weighted by Gasteiger charge is -2.09. The molecule has 0 aromatic heterocycles. The molecule has 0 heterocycles. The van der Waals surface area contributed by atoms with Gasteiger partial charge in [-0.15, -0.1) is 0 Å². The molecule has 1 amide bonds. The number of nitrogens with one attached hydrogen (secondary N) is 1. The fourth-order valence-electron chi connectivity index (χ4n) is 1.99. The number of phenols is 1. The highest BCUT2D eigenvalue weighted by Gasteiger charge is 2.11. The first kappa shape index (κ1) is 15.6. The lowest BCUT2D eigenvalue weighted by Crippen LogP contribution is -2.22. The van der Waals surface area contributed by atoms with E-state index >= 15 is 0 Å². The van der Waals surface area contributed by atoms with E-state index in [-0.39, 0.29) is 17.2 Å². The van der Waals surface area contributed by atoms with Crippen molar-refractivity contribution in [2.45, 2.75) is 26.3 Å². The van der Waals surface area contributed by atoms with E-state index in [9.17, 15) is 9.90 Å². The molecule has 0 spiro atoms. The molecule has 0 saturated carbocycles. The Bertz CT molecular complexity index is 636. The largest absolute Gasteiger partial charge is 0.507 e. The van der Waals surface area contributed by atoms with Crippen LogP contribution in [0.3, 0.4) is 0 Å². The molecule has 110 valence electrons. The number of carbonyl (C=O) groups excluding carboxylic acids is 1. The minimum absolute atomic E-state index is 0.0224. The summed E-state index contributed by atoms with van der Waals surface area (Å²) >= 11 is 3.29. The highest BCUT2D eigenvalue weighted by Crippen LogP contribution is 2.22. The van der Waals surface area contributed by atoms with E-state index in [2.05, 4.69) is 47.2 Å². The normalized spacial score (nSPS) is 10.7. The lowest BCUT2D eigenvalue weighted by molar-refractivity contribution is 0.0948. The van der Waals surface area contributed by atoms with Crippen molar-refractivity contribution in [3.63, 3.8) is 0 Å². The molecule has 0 bridgehead atoms. The van der Waals surface area contributed by atoms with E-state index in [1.165, 1.54) is 11.6 Å². The Labute approximate surface area is 133 Å². The molecule has 0 unspecified atom stereocenters. The molecule has 2 aromatic carbocycles. The van der Waals surface area contributed by atoms with Gasteiger partial charge in [0.1, 0.15) is 5.75 Å². The molecule has 0 radical (unpaired) electrons. The molecule has 21 heavy (non-hydrogen) atoms. The van der Waals surface area contributed by atoms with E-state index in [1.807, 2.05) is 12.1 Å². The predicted molar refractivity (Wildman–Crippen MR) is 87.5 cm³/mol. The number of benzene rings is 2. The number of rotatable bonds is 4. The summed E-state index contributed by atoms with van der Waals surface area (Å²) in [5.41, 5.74) is 2.57. The second kappa shape index (κ2) is 6.76. The quantitative estimate of drug-likeness (QED) is 0.870. The topological polar surface area (TPSA) is 49.3 Å². The van der Waals surface area contributed by atoms with Crippen LogP contribution in [0.15, 0.2) is 46.9 Å². The van der Waals surface area contributed by atoms with Crippen molar-refractivity contribution in [1.29, 1.82) is 0 Å². The summed E-state index contributed by atoms with van der Waals surface area (Å²) in [5.74, 6) is 0.180. The van der Waals surface area contributed by atoms with Gasteiger partial charge in [-0.3, -0.25) is 4.79 Å². The fourth-order valence-corrected chi connectivity index (χ4v) is 2.35. The van der Waals surface area contributed by atoms with E-state index in [0.29, 0.717) is 12.5 Å². The monoisotopic (exact) mass is 347 g/mol. The van der Waals surface area contributed by atoms with Crippen LogP contribution in [0, 0.1) is 0 Å². The van der Waals surface area contributed by atoms with Crippen molar-refractivity contribution in [3.8, 4) is 5.75 Å². The molecule has 0 atom stereocenters. The summed E-state index contributed by atoms with van der Waals surface area (Å²) in [5, 5.41) is 12.5. The van der Waals surface area contributed by atoms with Crippen molar-refractivity contribution in [2.24, 2.45) is 0 Å².